The maximum atomic E-state index is 12.2. The monoisotopic (exact) mass is 272 g/mol. The Hall–Kier alpha value is -2.27. The summed E-state index contributed by atoms with van der Waals surface area (Å²) in [6.45, 7) is 3.83. The molecule has 2 amide bonds. The summed E-state index contributed by atoms with van der Waals surface area (Å²) in [5.74, 6) is -0.878. The number of carbonyl (C=O) groups is 2. The third-order valence-corrected chi connectivity index (χ3v) is 2.93. The van der Waals surface area contributed by atoms with E-state index >= 15 is 0 Å². The van der Waals surface area contributed by atoms with Crippen LogP contribution in [0.4, 0.5) is 0 Å². The van der Waals surface area contributed by atoms with Crippen molar-refractivity contribution in [3.63, 3.8) is 0 Å². The lowest BCUT2D eigenvalue weighted by atomic mass is 10.1. The highest BCUT2D eigenvalue weighted by molar-refractivity contribution is 7.80. The third-order valence-electron chi connectivity index (χ3n) is 2.61. The largest absolute Gasteiger partial charge is 0.298 e. The second kappa shape index (κ2) is 5.58. The van der Waals surface area contributed by atoms with Gasteiger partial charge in [0.25, 0.3) is 11.8 Å². The van der Waals surface area contributed by atoms with E-state index in [1.54, 1.807) is 12.2 Å². The molecule has 4 nitrogen and oxygen atoms in total. The number of amides is 2. The molecule has 1 aliphatic rings. The van der Waals surface area contributed by atoms with Crippen molar-refractivity contribution in [3.8, 4) is 0 Å². The molecule has 0 atom stereocenters. The molecule has 1 N–H and O–H groups in total. The Labute approximate surface area is 116 Å². The van der Waals surface area contributed by atoms with E-state index in [1.807, 2.05) is 30.3 Å². The molecule has 0 unspecified atom stereocenters. The van der Waals surface area contributed by atoms with E-state index in [-0.39, 0.29) is 17.2 Å². The van der Waals surface area contributed by atoms with E-state index in [4.69, 9.17) is 12.2 Å². The second-order valence-corrected chi connectivity index (χ2v) is 4.32. The molecule has 19 heavy (non-hydrogen) atoms. The van der Waals surface area contributed by atoms with E-state index in [0.717, 1.165) is 5.56 Å². The molecule has 96 valence electrons. The van der Waals surface area contributed by atoms with Crippen molar-refractivity contribution in [2.45, 2.75) is 0 Å². The van der Waals surface area contributed by atoms with Crippen LogP contribution in [-0.4, -0.2) is 28.4 Å². The number of hydrogen-bond donors (Lipinski definition) is 1. The predicted molar refractivity (Wildman–Crippen MR) is 77.1 cm³/mol. The van der Waals surface area contributed by atoms with Gasteiger partial charge in [-0.25, -0.2) is 0 Å². The molecule has 1 aromatic rings. The van der Waals surface area contributed by atoms with Crippen LogP contribution in [0.1, 0.15) is 5.56 Å². The number of nitrogens with one attached hydrogen (secondary N) is 1. The van der Waals surface area contributed by atoms with Crippen LogP contribution < -0.4 is 5.32 Å². The number of thiocarbonyl (C=S) groups is 1. The Morgan fingerprint density at radius 1 is 1.26 bits per heavy atom. The summed E-state index contributed by atoms with van der Waals surface area (Å²) < 4.78 is 0. The quantitative estimate of drug-likeness (QED) is 0.392. The minimum Gasteiger partial charge on any atom is -0.298 e. The average Bonchev–Trinajstić information content (AvgIpc) is 2.41. The normalized spacial score (nSPS) is 17.6. The Kier molecular flexibility index (Phi) is 3.87. The van der Waals surface area contributed by atoms with Crippen molar-refractivity contribution in [2.75, 3.05) is 6.54 Å². The van der Waals surface area contributed by atoms with Crippen LogP contribution in [0.15, 0.2) is 48.6 Å². The standard InChI is InChI=1S/C14H12N2O2S/c1-2-8-16-13(18)11(12(17)15-14(16)19)9-10-6-4-3-5-7-10/h2-7,9H,1,8H2,(H,15,17,19)/b11-9+. The van der Waals surface area contributed by atoms with E-state index < -0.39 is 11.8 Å². The highest BCUT2D eigenvalue weighted by atomic mass is 32.1. The number of rotatable bonds is 3. The van der Waals surface area contributed by atoms with Gasteiger partial charge < -0.3 is 0 Å². The van der Waals surface area contributed by atoms with Crippen molar-refractivity contribution >= 4 is 35.2 Å². The number of benzene rings is 1. The molecule has 0 aliphatic carbocycles. The van der Waals surface area contributed by atoms with Gasteiger partial charge in [0.1, 0.15) is 5.57 Å². The Bertz CT molecular complexity index is 578. The van der Waals surface area contributed by atoms with E-state index in [2.05, 4.69) is 11.9 Å². The van der Waals surface area contributed by atoms with Crippen LogP contribution in [0.5, 0.6) is 0 Å². The molecular formula is C14H12N2O2S. The van der Waals surface area contributed by atoms with Crippen molar-refractivity contribution in [1.29, 1.82) is 0 Å². The van der Waals surface area contributed by atoms with Crippen LogP contribution >= 0.6 is 12.2 Å². The van der Waals surface area contributed by atoms with Gasteiger partial charge in [-0.05, 0) is 23.9 Å². The Morgan fingerprint density at radius 2 is 1.95 bits per heavy atom. The van der Waals surface area contributed by atoms with E-state index in [0.29, 0.717) is 0 Å². The molecule has 0 bridgehead atoms. The molecule has 0 aromatic heterocycles. The lowest BCUT2D eigenvalue weighted by Crippen LogP contribution is -2.53. The van der Waals surface area contributed by atoms with E-state index in [9.17, 15) is 9.59 Å². The highest BCUT2D eigenvalue weighted by Gasteiger charge is 2.32. The minimum atomic E-state index is -0.473. The van der Waals surface area contributed by atoms with Crippen molar-refractivity contribution < 1.29 is 9.59 Å². The maximum absolute atomic E-state index is 12.2. The van der Waals surface area contributed by atoms with Crippen LogP contribution in [0.2, 0.25) is 0 Å². The molecule has 0 radical (unpaired) electrons. The average molecular weight is 272 g/mol. The van der Waals surface area contributed by atoms with Gasteiger partial charge in [0, 0.05) is 6.54 Å². The zero-order valence-electron chi connectivity index (χ0n) is 10.1. The number of hydrogen-bond acceptors (Lipinski definition) is 3. The summed E-state index contributed by atoms with van der Waals surface area (Å²) in [6.07, 6.45) is 3.11. The molecule has 1 aliphatic heterocycles. The first kappa shape index (κ1) is 13.2. The predicted octanol–water partition coefficient (Wildman–Crippen LogP) is 1.50. The molecular weight excluding hydrogens is 260 g/mol. The van der Waals surface area contributed by atoms with Gasteiger partial charge in [0.15, 0.2) is 5.11 Å². The smallest absolute Gasteiger partial charge is 0.265 e. The lowest BCUT2D eigenvalue weighted by Gasteiger charge is -2.27. The number of nitrogens with zero attached hydrogens (tertiary/aromatic N) is 1. The Morgan fingerprint density at radius 3 is 2.58 bits per heavy atom. The summed E-state index contributed by atoms with van der Waals surface area (Å²) in [7, 11) is 0. The van der Waals surface area contributed by atoms with Crippen LogP contribution in [-0.2, 0) is 9.59 Å². The summed E-state index contributed by atoms with van der Waals surface area (Å²) in [5.41, 5.74) is 0.856. The van der Waals surface area contributed by atoms with Crippen molar-refractivity contribution in [1.82, 2.24) is 10.2 Å². The van der Waals surface area contributed by atoms with Crippen LogP contribution in [0.25, 0.3) is 6.08 Å². The topological polar surface area (TPSA) is 49.4 Å². The SMILES string of the molecule is C=CCN1C(=O)/C(=C/c2ccccc2)C(=O)NC1=S. The van der Waals surface area contributed by atoms with Gasteiger partial charge in [-0.3, -0.25) is 19.8 Å². The first-order chi connectivity index (χ1) is 9.13. The molecule has 0 spiro atoms. The Balaban J connectivity index is 2.36. The van der Waals surface area contributed by atoms with Gasteiger partial charge in [-0.1, -0.05) is 36.4 Å². The minimum absolute atomic E-state index is 0.0710. The fourth-order valence-corrected chi connectivity index (χ4v) is 1.95. The fourth-order valence-electron chi connectivity index (χ4n) is 1.70. The van der Waals surface area contributed by atoms with Gasteiger partial charge in [0.05, 0.1) is 0 Å². The lowest BCUT2D eigenvalue weighted by molar-refractivity contribution is -0.128. The first-order valence-electron chi connectivity index (χ1n) is 5.68. The van der Waals surface area contributed by atoms with Crippen molar-refractivity contribution in [2.24, 2.45) is 0 Å². The molecule has 1 aromatic carbocycles. The molecule has 5 heteroatoms. The van der Waals surface area contributed by atoms with Gasteiger partial charge >= 0.3 is 0 Å². The van der Waals surface area contributed by atoms with Gasteiger partial charge in [-0.2, -0.15) is 0 Å². The highest BCUT2D eigenvalue weighted by Crippen LogP contribution is 2.14. The number of carbonyl (C=O) groups excluding carboxylic acids is 2. The fraction of sp³-hybridized carbons (Fsp3) is 0.0714. The zero-order chi connectivity index (χ0) is 13.8. The zero-order valence-corrected chi connectivity index (χ0v) is 10.9. The summed E-state index contributed by atoms with van der Waals surface area (Å²) in [5, 5.41) is 2.61. The van der Waals surface area contributed by atoms with Crippen molar-refractivity contribution in [3.05, 3.63) is 54.1 Å². The molecule has 1 heterocycles. The molecule has 1 saturated heterocycles. The summed E-state index contributed by atoms with van der Waals surface area (Å²) >= 11 is 4.96. The van der Waals surface area contributed by atoms with Gasteiger partial charge in [0.2, 0.25) is 0 Å². The van der Waals surface area contributed by atoms with Crippen LogP contribution in [0, 0.1) is 0 Å². The molecule has 1 fully saturated rings. The maximum Gasteiger partial charge on any atom is 0.265 e. The third kappa shape index (κ3) is 2.77. The van der Waals surface area contributed by atoms with Gasteiger partial charge in [-0.15, -0.1) is 6.58 Å². The molecule has 2 rings (SSSR count). The molecule has 0 saturated carbocycles. The summed E-state index contributed by atoms with van der Waals surface area (Å²) in [6, 6.07) is 9.17. The first-order valence-corrected chi connectivity index (χ1v) is 6.09. The summed E-state index contributed by atoms with van der Waals surface area (Å²) in [4.78, 5) is 25.3. The van der Waals surface area contributed by atoms with E-state index in [1.165, 1.54) is 4.90 Å². The van der Waals surface area contributed by atoms with Crippen LogP contribution in [0.3, 0.4) is 0 Å². The second-order valence-electron chi connectivity index (χ2n) is 3.93.